The number of aliphatic hydroxyl groups is 12. The summed E-state index contributed by atoms with van der Waals surface area (Å²) in [6, 6.07) is 0. The molecule has 0 spiro atoms. The Morgan fingerprint density at radius 2 is 0.768 bits per heavy atom. The van der Waals surface area contributed by atoms with E-state index in [0.717, 1.165) is 0 Å². The van der Waals surface area contributed by atoms with Gasteiger partial charge < -0.3 is 85.0 Å². The molecular weight excluding hydrogens is 760 g/mol. The minimum absolute atomic E-state index is 0.584. The lowest BCUT2D eigenvalue weighted by molar-refractivity contribution is -0.215. The summed E-state index contributed by atoms with van der Waals surface area (Å²) in [6.07, 6.45) is -29.7. The van der Waals surface area contributed by atoms with Gasteiger partial charge in [-0.15, -0.1) is 0 Å². The Bertz CT molecular complexity index is 1630. The van der Waals surface area contributed by atoms with Crippen LogP contribution in [0.15, 0.2) is 11.5 Å². The van der Waals surface area contributed by atoms with Crippen LogP contribution in [0.25, 0.3) is 0 Å². The molecule has 22 unspecified atom stereocenters. The third-order valence-corrected chi connectivity index (χ3v) is 12.8. The summed E-state index contributed by atoms with van der Waals surface area (Å²) >= 11 is 0. The maximum absolute atomic E-state index is 14.2. The van der Waals surface area contributed by atoms with Gasteiger partial charge in [-0.05, 0) is 25.7 Å². The summed E-state index contributed by atoms with van der Waals surface area (Å²) in [6.45, 7) is -0.997. The first-order valence-electron chi connectivity index (χ1n) is 18.3. The lowest BCUT2D eigenvalue weighted by Gasteiger charge is -2.50. The fourth-order valence-corrected chi connectivity index (χ4v) is 9.94. The van der Waals surface area contributed by atoms with Gasteiger partial charge in [-0.2, -0.15) is 0 Å². The van der Waals surface area contributed by atoms with Crippen LogP contribution in [0.2, 0.25) is 0 Å². The molecule has 3 heterocycles. The second-order valence-corrected chi connectivity index (χ2v) is 15.8. The van der Waals surface area contributed by atoms with E-state index in [1.165, 1.54) is 0 Å². The van der Waals surface area contributed by atoms with Crippen molar-refractivity contribution in [2.75, 3.05) is 6.61 Å². The van der Waals surface area contributed by atoms with Crippen LogP contribution in [-0.4, -0.2) is 183 Å². The molecular formula is C34H44O22. The van der Waals surface area contributed by atoms with Gasteiger partial charge in [0.05, 0.1) is 72.5 Å². The fraction of sp³-hybridized carbons (Fsp3) is 0.794. The summed E-state index contributed by atoms with van der Waals surface area (Å²) in [5, 5.41) is 129. The van der Waals surface area contributed by atoms with E-state index in [4.69, 9.17) is 23.7 Å². The minimum Gasteiger partial charge on any atom is -0.461 e. The molecule has 4 aliphatic carbocycles. The number of aliphatic hydroxyl groups excluding tert-OH is 12. The van der Waals surface area contributed by atoms with Gasteiger partial charge in [0.1, 0.15) is 31.0 Å². The van der Waals surface area contributed by atoms with Crippen molar-refractivity contribution in [1.82, 2.24) is 0 Å². The Balaban J connectivity index is 1.34. The largest absolute Gasteiger partial charge is 0.461 e. The molecule has 0 amide bonds. The topological polar surface area (TPSA) is 374 Å². The first-order valence-corrected chi connectivity index (χ1v) is 18.3. The molecule has 22 nitrogen and oxygen atoms in total. The Morgan fingerprint density at radius 1 is 0.411 bits per heavy atom. The quantitative estimate of drug-likeness (QED) is 0.0799. The normalized spacial score (nSPS) is 51.3. The molecule has 0 aromatic heterocycles. The summed E-state index contributed by atoms with van der Waals surface area (Å²) in [7, 11) is 0. The average molecular weight is 805 g/mol. The maximum Gasteiger partial charge on any atom is 0.378 e. The van der Waals surface area contributed by atoms with Crippen LogP contribution >= 0.6 is 0 Å². The van der Waals surface area contributed by atoms with Gasteiger partial charge in [0.15, 0.2) is 6.10 Å². The number of cyclic esters (lactones) is 1. The van der Waals surface area contributed by atoms with Gasteiger partial charge in [0, 0.05) is 23.7 Å². The zero-order valence-electron chi connectivity index (χ0n) is 29.2. The highest BCUT2D eigenvalue weighted by molar-refractivity contribution is 5.93. The number of carbonyl (C=O) groups is 5. The Hall–Kier alpha value is -3.39. The van der Waals surface area contributed by atoms with Crippen molar-refractivity contribution >= 4 is 29.8 Å². The number of rotatable bonds is 0. The van der Waals surface area contributed by atoms with Gasteiger partial charge in [-0.3, -0.25) is 19.2 Å². The SMILES string of the molecule is O=C1OC2COC(=O)C3CC(O)C(O)C(O)C3C3C(CC(O)C(O)C3O)C(=O)OC2C2=C1OC(=O)C1CC(O)C(O)C(O)C1C1C(CC(O)C(O)C1O)C(=O)O2. The number of fused-ring (bicyclic) bond motifs is 8. The lowest BCUT2D eigenvalue weighted by atomic mass is 9.59. The van der Waals surface area contributed by atoms with E-state index in [0.29, 0.717) is 0 Å². The van der Waals surface area contributed by atoms with Crippen LogP contribution in [0.1, 0.15) is 25.7 Å². The zero-order chi connectivity index (χ0) is 40.8. The second-order valence-electron chi connectivity index (χ2n) is 15.8. The van der Waals surface area contributed by atoms with Gasteiger partial charge in [0.2, 0.25) is 11.9 Å². The molecule has 1 saturated heterocycles. The molecule has 0 bridgehead atoms. The van der Waals surface area contributed by atoms with E-state index in [1.807, 2.05) is 0 Å². The first-order chi connectivity index (χ1) is 26.3. The second kappa shape index (κ2) is 15.1. The Labute approximate surface area is 315 Å². The van der Waals surface area contributed by atoms with E-state index in [9.17, 15) is 85.3 Å². The number of carbonyl (C=O) groups excluding carboxylic acids is 5. The summed E-state index contributed by atoms with van der Waals surface area (Å²) in [5.74, 6) is -22.6. The molecule has 0 radical (unpaired) electrons. The summed E-state index contributed by atoms with van der Waals surface area (Å²) in [4.78, 5) is 69.5. The van der Waals surface area contributed by atoms with Crippen molar-refractivity contribution < 1.29 is 109 Å². The van der Waals surface area contributed by atoms with Gasteiger partial charge in [0.25, 0.3) is 5.76 Å². The molecule has 12 N–H and O–H groups in total. The molecule has 22 heteroatoms. The predicted molar refractivity (Wildman–Crippen MR) is 168 cm³/mol. The van der Waals surface area contributed by atoms with Crippen LogP contribution in [0, 0.1) is 47.3 Å². The lowest BCUT2D eigenvalue weighted by Crippen LogP contribution is -2.63. The first kappa shape index (κ1) is 40.8. The van der Waals surface area contributed by atoms with E-state index in [1.54, 1.807) is 0 Å². The molecule has 0 aromatic carbocycles. The Kier molecular flexibility index (Phi) is 11.0. The molecule has 4 saturated carbocycles. The maximum atomic E-state index is 14.2. The molecule has 3 aliphatic heterocycles. The molecule has 7 aliphatic rings. The van der Waals surface area contributed by atoms with Crippen LogP contribution in [0.4, 0.5) is 0 Å². The van der Waals surface area contributed by atoms with Crippen molar-refractivity contribution in [3.63, 3.8) is 0 Å². The third kappa shape index (κ3) is 6.58. The molecule has 0 aromatic rings. The van der Waals surface area contributed by atoms with Crippen molar-refractivity contribution in [2.24, 2.45) is 47.3 Å². The fourth-order valence-electron chi connectivity index (χ4n) is 9.94. The minimum atomic E-state index is -2.16. The highest BCUT2D eigenvalue weighted by atomic mass is 16.7. The van der Waals surface area contributed by atoms with Crippen molar-refractivity contribution in [1.29, 1.82) is 0 Å². The van der Waals surface area contributed by atoms with Gasteiger partial charge >= 0.3 is 29.8 Å². The van der Waals surface area contributed by atoms with E-state index in [-0.39, 0.29) is 0 Å². The smallest absolute Gasteiger partial charge is 0.378 e. The standard InChI is InChI=1S/C34H44O22/c35-10-1-6-15(23(43)19(10)39)16-7(2-11(36)20(40)24(16)44)31(48)54-27-14(5-52-30(6)47)53-34(51)29-28(27)55-32(49)8-3-12(37)21(41)25(45)17(8)18-9(33(50)56-29)4-13(38)22(42)26(18)46/h6-27,35-46H,1-5H2. The van der Waals surface area contributed by atoms with Crippen molar-refractivity contribution in [2.45, 2.75) is 111 Å². The van der Waals surface area contributed by atoms with Crippen LogP contribution < -0.4 is 0 Å². The average Bonchev–Trinajstić information content (AvgIpc) is 3.16. The van der Waals surface area contributed by atoms with Crippen molar-refractivity contribution in [3.05, 3.63) is 11.5 Å². The molecule has 56 heavy (non-hydrogen) atoms. The summed E-state index contributed by atoms with van der Waals surface area (Å²) in [5.41, 5.74) is 0. The van der Waals surface area contributed by atoms with Crippen molar-refractivity contribution in [3.8, 4) is 0 Å². The van der Waals surface area contributed by atoms with Crippen LogP contribution in [0.3, 0.4) is 0 Å². The van der Waals surface area contributed by atoms with Gasteiger partial charge in [-0.1, -0.05) is 0 Å². The monoisotopic (exact) mass is 804 g/mol. The number of ether oxygens (including phenoxy) is 5. The van der Waals surface area contributed by atoms with Gasteiger partial charge in [-0.25, -0.2) is 4.79 Å². The highest BCUT2D eigenvalue weighted by Crippen LogP contribution is 2.49. The molecule has 312 valence electrons. The molecule has 5 fully saturated rings. The summed E-state index contributed by atoms with van der Waals surface area (Å²) < 4.78 is 27.5. The number of hydrogen-bond donors (Lipinski definition) is 12. The molecule has 7 rings (SSSR count). The third-order valence-electron chi connectivity index (χ3n) is 12.8. The van der Waals surface area contributed by atoms with E-state index in [2.05, 4.69) is 0 Å². The van der Waals surface area contributed by atoms with E-state index < -0.39 is 206 Å². The number of esters is 5. The van der Waals surface area contributed by atoms with Crippen LogP contribution in [-0.2, 0) is 47.7 Å². The Morgan fingerprint density at radius 3 is 1.18 bits per heavy atom. The van der Waals surface area contributed by atoms with E-state index >= 15 is 0 Å². The highest BCUT2D eigenvalue weighted by Gasteiger charge is 2.62. The number of hydrogen-bond acceptors (Lipinski definition) is 22. The zero-order valence-corrected chi connectivity index (χ0v) is 29.2. The molecule has 22 atom stereocenters. The predicted octanol–water partition coefficient (Wildman–Crippen LogP) is -7.43. The van der Waals surface area contributed by atoms with Crippen LogP contribution in [0.5, 0.6) is 0 Å².